The quantitative estimate of drug-likeness (QED) is 0.116. The second-order valence-corrected chi connectivity index (χ2v) is 16.0. The molecule has 1 saturated carbocycles. The zero-order chi connectivity index (χ0) is 34.9. The maximum Gasteiger partial charge on any atom is 0.258 e. The third-order valence-corrected chi connectivity index (χ3v) is 10.7. The number of aryl methyl sites for hydroxylation is 1. The molecule has 1 saturated heterocycles. The van der Waals surface area contributed by atoms with Gasteiger partial charge in [0.1, 0.15) is 17.8 Å². The number of hydrogen-bond donors (Lipinski definition) is 3. The van der Waals surface area contributed by atoms with Crippen molar-refractivity contribution in [2.45, 2.75) is 129 Å². The molecule has 0 bridgehead atoms. The summed E-state index contributed by atoms with van der Waals surface area (Å²) in [6.07, 6.45) is 8.91. The molecular formula is C36H52BrFN4O5S. The van der Waals surface area contributed by atoms with Crippen LogP contribution in [0.5, 0.6) is 5.75 Å². The lowest BCUT2D eigenvalue weighted by Gasteiger charge is -2.35. The van der Waals surface area contributed by atoms with E-state index in [1.54, 1.807) is 32.1 Å². The lowest BCUT2D eigenvalue weighted by atomic mass is 9.85. The summed E-state index contributed by atoms with van der Waals surface area (Å²) in [6, 6.07) is 3.94. The minimum Gasteiger partial charge on any atom is -0.493 e. The van der Waals surface area contributed by atoms with Crippen LogP contribution < -0.4 is 15.4 Å². The Kier molecular flexibility index (Phi) is 13.8. The fourth-order valence-corrected chi connectivity index (χ4v) is 7.21. The number of β-amino-alcohol motifs (C(OH)–C–C–N with tert-alkyl or cyclic N) is 1. The molecule has 1 aromatic heterocycles. The fraction of sp³-hybridized carbons (Fsp3) is 0.667. The molecule has 1 unspecified atom stereocenters. The van der Waals surface area contributed by atoms with Crippen molar-refractivity contribution in [3.05, 3.63) is 35.0 Å². The van der Waals surface area contributed by atoms with Crippen molar-refractivity contribution in [2.75, 3.05) is 18.5 Å². The lowest BCUT2D eigenvalue weighted by molar-refractivity contribution is -0.145. The van der Waals surface area contributed by atoms with Crippen LogP contribution in [-0.4, -0.2) is 75.1 Å². The average molecular weight is 752 g/mol. The number of carbonyl (C=O) groups excluding carboxylic acids is 3. The van der Waals surface area contributed by atoms with Gasteiger partial charge in [-0.2, -0.15) is 0 Å². The number of carbonyl (C=O) groups is 3. The minimum absolute atomic E-state index is 0.0474. The predicted molar refractivity (Wildman–Crippen MR) is 191 cm³/mol. The number of halogens is 2. The van der Waals surface area contributed by atoms with E-state index in [4.69, 9.17) is 4.74 Å². The Morgan fingerprint density at radius 2 is 1.79 bits per heavy atom. The molecule has 3 N–H and O–H groups in total. The number of unbranched alkanes of at least 4 members (excludes halogenated alkanes) is 7. The van der Waals surface area contributed by atoms with Gasteiger partial charge in [-0.25, -0.2) is 9.37 Å². The van der Waals surface area contributed by atoms with Crippen molar-refractivity contribution < 1.29 is 28.6 Å². The summed E-state index contributed by atoms with van der Waals surface area (Å²) in [4.78, 5) is 46.7. The fourth-order valence-electron chi connectivity index (χ4n) is 6.01. The number of nitrogens with zero attached hydrogens (tertiary/aromatic N) is 2. The maximum atomic E-state index is 14.5. The number of benzene rings is 1. The molecule has 1 aliphatic heterocycles. The third kappa shape index (κ3) is 10.5. The van der Waals surface area contributed by atoms with E-state index in [1.165, 1.54) is 43.4 Å². The molecule has 266 valence electrons. The molecule has 9 nitrogen and oxygen atoms in total. The van der Waals surface area contributed by atoms with Crippen LogP contribution in [0.25, 0.3) is 10.4 Å². The van der Waals surface area contributed by atoms with Gasteiger partial charge < -0.3 is 25.4 Å². The summed E-state index contributed by atoms with van der Waals surface area (Å²) in [5, 5.41) is 17.2. The summed E-state index contributed by atoms with van der Waals surface area (Å²) < 4.78 is 20.8. The smallest absolute Gasteiger partial charge is 0.258 e. The van der Waals surface area contributed by atoms with Crippen molar-refractivity contribution in [2.24, 2.45) is 5.41 Å². The van der Waals surface area contributed by atoms with Crippen LogP contribution in [0.2, 0.25) is 0 Å². The van der Waals surface area contributed by atoms with E-state index < -0.39 is 47.0 Å². The first-order chi connectivity index (χ1) is 22.8. The number of thiazole rings is 1. The van der Waals surface area contributed by atoms with E-state index in [-0.39, 0.29) is 32.4 Å². The van der Waals surface area contributed by atoms with Gasteiger partial charge in [0.25, 0.3) is 5.91 Å². The highest BCUT2D eigenvalue weighted by Gasteiger charge is 2.53. The van der Waals surface area contributed by atoms with Crippen LogP contribution in [0.15, 0.2) is 23.7 Å². The third-order valence-electron chi connectivity index (χ3n) is 9.16. The van der Waals surface area contributed by atoms with E-state index >= 15 is 0 Å². The van der Waals surface area contributed by atoms with Crippen LogP contribution in [0, 0.1) is 12.3 Å². The Bertz CT molecular complexity index is 1390. The Morgan fingerprint density at radius 1 is 1.12 bits per heavy atom. The van der Waals surface area contributed by atoms with Gasteiger partial charge in [-0.1, -0.05) is 87.4 Å². The molecular weight excluding hydrogens is 699 g/mol. The van der Waals surface area contributed by atoms with E-state index in [1.807, 2.05) is 30.6 Å². The van der Waals surface area contributed by atoms with Gasteiger partial charge in [-0.15, -0.1) is 11.3 Å². The topological polar surface area (TPSA) is 121 Å². The Hall–Kier alpha value is -2.57. The molecule has 3 atom stereocenters. The molecule has 0 radical (unpaired) electrons. The number of amides is 3. The van der Waals surface area contributed by atoms with Crippen LogP contribution in [0.1, 0.15) is 103 Å². The summed E-state index contributed by atoms with van der Waals surface area (Å²) in [6.45, 7) is 7.99. The zero-order valence-electron chi connectivity index (χ0n) is 28.8. The zero-order valence-corrected chi connectivity index (χ0v) is 31.2. The van der Waals surface area contributed by atoms with Crippen molar-refractivity contribution in [1.82, 2.24) is 20.5 Å². The number of nitrogens with one attached hydrogen (secondary N) is 2. The molecule has 4 rings (SSSR count). The molecule has 2 aliphatic rings. The first kappa shape index (κ1) is 38.2. The molecule has 2 fully saturated rings. The summed E-state index contributed by atoms with van der Waals surface area (Å²) in [5.41, 5.74) is 1.87. The molecule has 0 spiro atoms. The van der Waals surface area contributed by atoms with E-state index in [0.717, 1.165) is 39.9 Å². The lowest BCUT2D eigenvalue weighted by Crippen LogP contribution is -2.59. The number of ether oxygens (including phenoxy) is 1. The number of likely N-dealkylation sites (tertiary alicyclic amines) is 1. The number of alkyl halides is 2. The number of rotatable bonds is 18. The van der Waals surface area contributed by atoms with Crippen LogP contribution in [0.3, 0.4) is 0 Å². The van der Waals surface area contributed by atoms with Crippen LogP contribution in [-0.2, 0) is 20.9 Å². The Labute approximate surface area is 296 Å². The molecule has 1 aromatic carbocycles. The molecule has 3 amide bonds. The largest absolute Gasteiger partial charge is 0.493 e. The number of aliphatic hydroxyl groups is 1. The maximum absolute atomic E-state index is 14.5. The first-order valence-electron chi connectivity index (χ1n) is 17.3. The van der Waals surface area contributed by atoms with Gasteiger partial charge in [0.05, 0.1) is 28.8 Å². The summed E-state index contributed by atoms with van der Waals surface area (Å²) in [7, 11) is 0. The molecule has 12 heteroatoms. The van der Waals surface area contributed by atoms with E-state index in [9.17, 15) is 23.9 Å². The molecule has 48 heavy (non-hydrogen) atoms. The van der Waals surface area contributed by atoms with E-state index in [0.29, 0.717) is 12.4 Å². The van der Waals surface area contributed by atoms with E-state index in [2.05, 4.69) is 31.5 Å². The van der Waals surface area contributed by atoms with Crippen molar-refractivity contribution in [3.8, 4) is 16.2 Å². The van der Waals surface area contributed by atoms with Gasteiger partial charge in [0, 0.05) is 30.4 Å². The van der Waals surface area contributed by atoms with Crippen molar-refractivity contribution >= 4 is 45.0 Å². The van der Waals surface area contributed by atoms with Crippen molar-refractivity contribution in [1.29, 1.82) is 0 Å². The second kappa shape index (κ2) is 17.4. The highest BCUT2D eigenvalue weighted by Crippen LogP contribution is 2.40. The first-order valence-corrected chi connectivity index (χ1v) is 19.3. The Balaban J connectivity index is 1.39. The molecule has 2 aromatic rings. The predicted octanol–water partition coefficient (Wildman–Crippen LogP) is 6.62. The van der Waals surface area contributed by atoms with Gasteiger partial charge in [-0.05, 0) is 49.7 Å². The average Bonchev–Trinajstić information content (AvgIpc) is 3.45. The van der Waals surface area contributed by atoms with Crippen LogP contribution in [0.4, 0.5) is 4.39 Å². The SMILES string of the molecule is Cc1ncsc1-c1ccc(CNC(=O)[C@@H]2C[C@@H](O)CN2C(=O)C(NC(=O)C2(F)CC2)C(C)(C)C)c(OCCCCCCCCCCBr)c1. The van der Waals surface area contributed by atoms with Gasteiger partial charge in [0.15, 0.2) is 5.67 Å². The van der Waals surface area contributed by atoms with Gasteiger partial charge >= 0.3 is 0 Å². The molecule has 1 aliphatic carbocycles. The number of aromatic nitrogens is 1. The highest BCUT2D eigenvalue weighted by molar-refractivity contribution is 9.09. The highest BCUT2D eigenvalue weighted by atomic mass is 79.9. The monoisotopic (exact) mass is 750 g/mol. The van der Waals surface area contributed by atoms with Crippen LogP contribution >= 0.6 is 27.3 Å². The normalized spacial score (nSPS) is 19.2. The minimum atomic E-state index is -1.94. The standard InChI is InChI=1S/C36H52BrFN4O5S/c1-24-30(48-23-40-24)25-13-14-26(29(19-25)47-18-12-10-8-6-5-7-9-11-17-37)21-39-32(44)28-20-27(43)22-42(28)33(45)31(35(2,3)4)41-34(46)36(38)15-16-36/h13-14,19,23,27-28,31,43H,5-12,15-18,20-22H2,1-4H3,(H,39,44)(H,41,46)/t27-,28+,31?/m1/s1. The number of hydrogen-bond acceptors (Lipinski definition) is 7. The number of aliphatic hydroxyl groups excluding tert-OH is 1. The van der Waals surface area contributed by atoms with Crippen molar-refractivity contribution in [3.63, 3.8) is 0 Å². The second-order valence-electron chi connectivity index (χ2n) is 14.3. The summed E-state index contributed by atoms with van der Waals surface area (Å²) >= 11 is 5.05. The Morgan fingerprint density at radius 3 is 2.40 bits per heavy atom. The van der Waals surface area contributed by atoms with Gasteiger partial charge in [0.2, 0.25) is 11.8 Å². The van der Waals surface area contributed by atoms with Gasteiger partial charge in [-0.3, -0.25) is 14.4 Å². The summed E-state index contributed by atoms with van der Waals surface area (Å²) in [5.74, 6) is -1.04. The molecule has 2 heterocycles.